The lowest BCUT2D eigenvalue weighted by molar-refractivity contribution is -0.385. The van der Waals surface area contributed by atoms with Crippen LogP contribution in [-0.4, -0.2) is 29.7 Å². The molecule has 1 aliphatic heterocycles. The molecule has 0 aliphatic carbocycles. The topological polar surface area (TPSA) is 117 Å². The van der Waals surface area contributed by atoms with Crippen LogP contribution in [0.1, 0.15) is 22.8 Å². The van der Waals surface area contributed by atoms with E-state index >= 15 is 0 Å². The van der Waals surface area contributed by atoms with E-state index in [0.29, 0.717) is 5.56 Å². The summed E-state index contributed by atoms with van der Waals surface area (Å²) in [6.07, 6.45) is -1.29. The number of anilines is 1. The van der Waals surface area contributed by atoms with Gasteiger partial charge in [0.15, 0.2) is 17.6 Å². The Morgan fingerprint density at radius 3 is 2.57 bits per heavy atom. The molecule has 146 valence electrons. The van der Waals surface area contributed by atoms with E-state index in [-0.39, 0.29) is 29.5 Å². The largest absolute Gasteiger partial charge is 0.454 e. The van der Waals surface area contributed by atoms with E-state index < -0.39 is 34.4 Å². The van der Waals surface area contributed by atoms with Gasteiger partial charge in [0.25, 0.3) is 11.6 Å². The Labute approximate surface area is 158 Å². The van der Waals surface area contributed by atoms with E-state index in [9.17, 15) is 24.1 Å². The quantitative estimate of drug-likeness (QED) is 0.474. The molecule has 1 unspecified atom stereocenters. The highest BCUT2D eigenvalue weighted by Gasteiger charge is 2.30. The average Bonchev–Trinajstić information content (AvgIpc) is 3.11. The fourth-order valence-corrected chi connectivity index (χ4v) is 2.44. The smallest absolute Gasteiger partial charge is 0.346 e. The number of nitrogens with zero attached hydrogens (tertiary/aromatic N) is 1. The first-order valence-corrected chi connectivity index (χ1v) is 8.12. The summed E-state index contributed by atoms with van der Waals surface area (Å²) >= 11 is 0. The molecule has 10 heteroatoms. The Balaban J connectivity index is 1.74. The summed E-state index contributed by atoms with van der Waals surface area (Å²) in [5, 5.41) is 13.6. The first-order valence-electron chi connectivity index (χ1n) is 8.12. The predicted octanol–water partition coefficient (Wildman–Crippen LogP) is 2.96. The van der Waals surface area contributed by atoms with Crippen molar-refractivity contribution >= 4 is 23.3 Å². The van der Waals surface area contributed by atoms with Crippen LogP contribution in [0.5, 0.6) is 11.5 Å². The standard InChI is InChI=1S/C18H15FN2O7/c1-9-3-4-11(5-13(9)19)20-17(22)10(2)28-18(23)12-6-15-16(27-8-26-15)7-14(12)21(24)25/h3-7,10H,8H2,1-2H3,(H,20,22). The summed E-state index contributed by atoms with van der Waals surface area (Å²) in [4.78, 5) is 35.0. The number of halogens is 1. The number of rotatable bonds is 5. The number of nitro benzene ring substituents is 1. The maximum absolute atomic E-state index is 13.6. The molecule has 0 aromatic heterocycles. The first kappa shape index (κ1) is 19.1. The molecule has 1 aliphatic rings. The van der Waals surface area contributed by atoms with Crippen molar-refractivity contribution in [2.45, 2.75) is 20.0 Å². The van der Waals surface area contributed by atoms with Crippen molar-refractivity contribution in [1.82, 2.24) is 0 Å². The number of ether oxygens (including phenoxy) is 3. The molecule has 0 saturated heterocycles. The molecule has 1 N–H and O–H groups in total. The van der Waals surface area contributed by atoms with E-state index in [2.05, 4.69) is 5.32 Å². The molecule has 2 aromatic carbocycles. The van der Waals surface area contributed by atoms with Gasteiger partial charge >= 0.3 is 5.97 Å². The molecule has 1 atom stereocenters. The number of amides is 1. The molecule has 0 saturated carbocycles. The van der Waals surface area contributed by atoms with Gasteiger partial charge in [-0.25, -0.2) is 9.18 Å². The fourth-order valence-electron chi connectivity index (χ4n) is 2.44. The third-order valence-corrected chi connectivity index (χ3v) is 4.00. The number of carbonyl (C=O) groups excluding carboxylic acids is 2. The van der Waals surface area contributed by atoms with Gasteiger partial charge in [-0.2, -0.15) is 0 Å². The minimum Gasteiger partial charge on any atom is -0.454 e. The number of nitro groups is 1. The number of aryl methyl sites for hydroxylation is 1. The second-order valence-electron chi connectivity index (χ2n) is 5.98. The summed E-state index contributed by atoms with van der Waals surface area (Å²) < 4.78 is 28.8. The molecule has 0 radical (unpaired) electrons. The zero-order valence-corrected chi connectivity index (χ0v) is 14.9. The molecule has 1 heterocycles. The number of fused-ring (bicyclic) bond motifs is 1. The highest BCUT2D eigenvalue weighted by atomic mass is 19.1. The highest BCUT2D eigenvalue weighted by molar-refractivity contribution is 5.99. The molecular weight excluding hydrogens is 375 g/mol. The molecule has 2 aromatic rings. The lowest BCUT2D eigenvalue weighted by Gasteiger charge is -2.14. The maximum Gasteiger partial charge on any atom is 0.346 e. The summed E-state index contributed by atoms with van der Waals surface area (Å²) in [6, 6.07) is 6.29. The van der Waals surface area contributed by atoms with Crippen LogP contribution in [0.25, 0.3) is 0 Å². The van der Waals surface area contributed by atoms with Gasteiger partial charge in [-0.05, 0) is 31.5 Å². The minimum absolute atomic E-state index is 0.128. The van der Waals surface area contributed by atoms with E-state index in [0.717, 1.165) is 18.2 Å². The second-order valence-corrected chi connectivity index (χ2v) is 5.98. The van der Waals surface area contributed by atoms with Crippen LogP contribution in [-0.2, 0) is 9.53 Å². The van der Waals surface area contributed by atoms with Gasteiger partial charge < -0.3 is 19.5 Å². The first-order chi connectivity index (χ1) is 13.3. The monoisotopic (exact) mass is 390 g/mol. The Bertz CT molecular complexity index is 977. The second kappa shape index (κ2) is 7.51. The highest BCUT2D eigenvalue weighted by Crippen LogP contribution is 2.38. The number of hydrogen-bond donors (Lipinski definition) is 1. The molecule has 3 rings (SSSR count). The van der Waals surface area contributed by atoms with Crippen LogP contribution >= 0.6 is 0 Å². The third kappa shape index (κ3) is 3.85. The fraction of sp³-hybridized carbons (Fsp3) is 0.222. The molecule has 0 spiro atoms. The van der Waals surface area contributed by atoms with Crippen molar-refractivity contribution in [3.05, 3.63) is 57.4 Å². The summed E-state index contributed by atoms with van der Waals surface area (Å²) in [7, 11) is 0. The van der Waals surface area contributed by atoms with Gasteiger partial charge in [-0.1, -0.05) is 6.07 Å². The zero-order valence-electron chi connectivity index (χ0n) is 14.9. The van der Waals surface area contributed by atoms with Crippen LogP contribution in [0, 0.1) is 22.9 Å². The normalized spacial score (nSPS) is 13.0. The average molecular weight is 390 g/mol. The SMILES string of the molecule is Cc1ccc(NC(=O)C(C)OC(=O)c2cc3c(cc2[N+](=O)[O-])OCO3)cc1F. The number of carbonyl (C=O) groups is 2. The maximum atomic E-state index is 13.6. The van der Waals surface area contributed by atoms with Crippen LogP contribution in [0.3, 0.4) is 0 Å². The van der Waals surface area contributed by atoms with E-state index in [1.54, 1.807) is 6.92 Å². The van der Waals surface area contributed by atoms with Crippen LogP contribution < -0.4 is 14.8 Å². The Kier molecular flexibility index (Phi) is 5.12. The van der Waals surface area contributed by atoms with E-state index in [4.69, 9.17) is 14.2 Å². The molecule has 0 bridgehead atoms. The Morgan fingerprint density at radius 1 is 1.25 bits per heavy atom. The van der Waals surface area contributed by atoms with Gasteiger partial charge in [0.05, 0.1) is 11.0 Å². The minimum atomic E-state index is -1.29. The van der Waals surface area contributed by atoms with Crippen LogP contribution in [0.4, 0.5) is 15.8 Å². The number of esters is 1. The van der Waals surface area contributed by atoms with E-state index in [1.807, 2.05) is 0 Å². The molecule has 1 amide bonds. The summed E-state index contributed by atoms with van der Waals surface area (Å²) in [5.74, 6) is -2.01. The van der Waals surface area contributed by atoms with Crippen molar-refractivity contribution < 1.29 is 33.1 Å². The summed E-state index contributed by atoms with van der Waals surface area (Å²) in [6.45, 7) is 2.73. The molecule has 28 heavy (non-hydrogen) atoms. The molecular formula is C18H15FN2O7. The number of nitrogens with one attached hydrogen (secondary N) is 1. The molecule has 0 fully saturated rings. The van der Waals surface area contributed by atoms with Gasteiger partial charge in [-0.3, -0.25) is 14.9 Å². The van der Waals surface area contributed by atoms with Gasteiger partial charge in [0.1, 0.15) is 11.4 Å². The van der Waals surface area contributed by atoms with Crippen molar-refractivity contribution in [1.29, 1.82) is 0 Å². The van der Waals surface area contributed by atoms with Crippen LogP contribution in [0.2, 0.25) is 0 Å². The van der Waals surface area contributed by atoms with Crippen LogP contribution in [0.15, 0.2) is 30.3 Å². The van der Waals surface area contributed by atoms with Crippen molar-refractivity contribution in [2.75, 3.05) is 12.1 Å². The van der Waals surface area contributed by atoms with Gasteiger partial charge in [0.2, 0.25) is 6.79 Å². The Morgan fingerprint density at radius 2 is 1.93 bits per heavy atom. The summed E-state index contributed by atoms with van der Waals surface area (Å²) in [5.41, 5.74) is -0.324. The van der Waals surface area contributed by atoms with Crippen molar-refractivity contribution in [3.8, 4) is 11.5 Å². The lowest BCUT2D eigenvalue weighted by Crippen LogP contribution is -2.30. The van der Waals surface area contributed by atoms with Gasteiger partial charge in [0, 0.05) is 11.8 Å². The number of benzene rings is 2. The zero-order chi connectivity index (χ0) is 20.4. The molecule has 9 nitrogen and oxygen atoms in total. The lowest BCUT2D eigenvalue weighted by atomic mass is 10.1. The predicted molar refractivity (Wildman–Crippen MR) is 93.9 cm³/mol. The van der Waals surface area contributed by atoms with E-state index in [1.165, 1.54) is 19.1 Å². The third-order valence-electron chi connectivity index (χ3n) is 4.00. The van der Waals surface area contributed by atoms with Crippen molar-refractivity contribution in [3.63, 3.8) is 0 Å². The Hall–Kier alpha value is -3.69. The van der Waals surface area contributed by atoms with Gasteiger partial charge in [-0.15, -0.1) is 0 Å². The van der Waals surface area contributed by atoms with Crippen molar-refractivity contribution in [2.24, 2.45) is 0 Å². The number of hydrogen-bond acceptors (Lipinski definition) is 7.